The summed E-state index contributed by atoms with van der Waals surface area (Å²) in [6.07, 6.45) is 3.61. The van der Waals surface area contributed by atoms with Gasteiger partial charge in [0.15, 0.2) is 0 Å². The van der Waals surface area contributed by atoms with E-state index in [1.54, 1.807) is 12.4 Å². The van der Waals surface area contributed by atoms with Gasteiger partial charge in [-0.1, -0.05) is 6.07 Å². The maximum Gasteiger partial charge on any atom is 0.130 e. The van der Waals surface area contributed by atoms with Gasteiger partial charge in [0.25, 0.3) is 0 Å². The van der Waals surface area contributed by atoms with Crippen LogP contribution in [0.5, 0.6) is 0 Å². The molecular formula is C15H12BrN3. The molecule has 0 amide bonds. The highest BCUT2D eigenvalue weighted by atomic mass is 79.9. The quantitative estimate of drug-likeness (QED) is 0.759. The number of nitrogens with zero attached hydrogens (tertiary/aromatic N) is 2. The minimum atomic E-state index is 0.837. The van der Waals surface area contributed by atoms with Gasteiger partial charge in [0.1, 0.15) is 5.82 Å². The van der Waals surface area contributed by atoms with Crippen LogP contribution in [0.3, 0.4) is 0 Å². The standard InChI is InChI=1S/C15H12BrN3/c1-10-7-15(18-9-13(10)16)19-12-4-5-14-11(8-12)3-2-6-17-14/h2-9H,1H3,(H,18,19). The Hall–Kier alpha value is -1.94. The van der Waals surface area contributed by atoms with Gasteiger partial charge >= 0.3 is 0 Å². The van der Waals surface area contributed by atoms with Crippen LogP contribution >= 0.6 is 15.9 Å². The largest absolute Gasteiger partial charge is 0.340 e. The number of nitrogens with one attached hydrogen (secondary N) is 1. The SMILES string of the molecule is Cc1cc(Nc2ccc3ncccc3c2)ncc1Br. The molecule has 0 radical (unpaired) electrons. The first-order valence-corrected chi connectivity index (χ1v) is 6.75. The summed E-state index contributed by atoms with van der Waals surface area (Å²) < 4.78 is 1.01. The predicted molar refractivity (Wildman–Crippen MR) is 81.7 cm³/mol. The summed E-state index contributed by atoms with van der Waals surface area (Å²) in [7, 11) is 0. The van der Waals surface area contributed by atoms with E-state index in [-0.39, 0.29) is 0 Å². The Balaban J connectivity index is 1.94. The number of anilines is 2. The van der Waals surface area contributed by atoms with E-state index in [9.17, 15) is 0 Å². The monoisotopic (exact) mass is 313 g/mol. The molecule has 0 saturated carbocycles. The minimum Gasteiger partial charge on any atom is -0.340 e. The Morgan fingerprint density at radius 1 is 1.11 bits per heavy atom. The first-order chi connectivity index (χ1) is 9.22. The van der Waals surface area contributed by atoms with Crippen molar-refractivity contribution in [2.24, 2.45) is 0 Å². The molecule has 0 atom stereocenters. The van der Waals surface area contributed by atoms with E-state index < -0.39 is 0 Å². The average molecular weight is 314 g/mol. The zero-order chi connectivity index (χ0) is 13.2. The third-order valence-electron chi connectivity index (χ3n) is 2.92. The lowest BCUT2D eigenvalue weighted by atomic mass is 10.2. The Morgan fingerprint density at radius 2 is 2.00 bits per heavy atom. The van der Waals surface area contributed by atoms with Gasteiger partial charge in [-0.15, -0.1) is 0 Å². The molecule has 0 aliphatic carbocycles. The van der Waals surface area contributed by atoms with E-state index in [0.29, 0.717) is 0 Å². The van der Waals surface area contributed by atoms with Gasteiger partial charge in [-0.2, -0.15) is 0 Å². The smallest absolute Gasteiger partial charge is 0.130 e. The van der Waals surface area contributed by atoms with Crippen LogP contribution < -0.4 is 5.32 Å². The second-order valence-electron chi connectivity index (χ2n) is 4.35. The number of rotatable bonds is 2. The van der Waals surface area contributed by atoms with Crippen LogP contribution in [-0.2, 0) is 0 Å². The van der Waals surface area contributed by atoms with Crippen molar-refractivity contribution in [1.82, 2.24) is 9.97 Å². The van der Waals surface area contributed by atoms with Crippen LogP contribution in [0, 0.1) is 6.92 Å². The maximum absolute atomic E-state index is 4.34. The zero-order valence-electron chi connectivity index (χ0n) is 10.4. The van der Waals surface area contributed by atoms with E-state index in [0.717, 1.165) is 32.4 Å². The van der Waals surface area contributed by atoms with E-state index >= 15 is 0 Å². The molecule has 19 heavy (non-hydrogen) atoms. The van der Waals surface area contributed by atoms with Crippen LogP contribution in [0.25, 0.3) is 10.9 Å². The van der Waals surface area contributed by atoms with Crippen LogP contribution in [0.15, 0.2) is 53.3 Å². The van der Waals surface area contributed by atoms with E-state index in [1.807, 2.05) is 37.3 Å². The summed E-state index contributed by atoms with van der Waals surface area (Å²) >= 11 is 3.45. The molecular weight excluding hydrogens is 302 g/mol. The first-order valence-electron chi connectivity index (χ1n) is 5.96. The molecule has 4 heteroatoms. The van der Waals surface area contributed by atoms with Crippen LogP contribution in [0.4, 0.5) is 11.5 Å². The number of hydrogen-bond acceptors (Lipinski definition) is 3. The van der Waals surface area contributed by atoms with Crippen LogP contribution in [-0.4, -0.2) is 9.97 Å². The van der Waals surface area contributed by atoms with E-state index in [1.165, 1.54) is 0 Å². The topological polar surface area (TPSA) is 37.8 Å². The van der Waals surface area contributed by atoms with E-state index in [4.69, 9.17) is 0 Å². The molecule has 1 aromatic carbocycles. The Bertz CT molecular complexity index is 740. The van der Waals surface area contributed by atoms with Crippen molar-refractivity contribution in [2.75, 3.05) is 5.32 Å². The molecule has 2 aromatic heterocycles. The highest BCUT2D eigenvalue weighted by Gasteiger charge is 2.01. The van der Waals surface area contributed by atoms with Gasteiger partial charge in [-0.25, -0.2) is 4.98 Å². The van der Waals surface area contributed by atoms with Gasteiger partial charge in [0, 0.05) is 27.9 Å². The van der Waals surface area contributed by atoms with Crippen molar-refractivity contribution < 1.29 is 0 Å². The van der Waals surface area contributed by atoms with Crippen molar-refractivity contribution in [2.45, 2.75) is 6.92 Å². The normalized spacial score (nSPS) is 10.6. The number of halogens is 1. The average Bonchev–Trinajstić information content (AvgIpc) is 2.43. The molecule has 0 bridgehead atoms. The molecule has 94 valence electrons. The fourth-order valence-electron chi connectivity index (χ4n) is 1.91. The number of fused-ring (bicyclic) bond motifs is 1. The van der Waals surface area contributed by atoms with Crippen molar-refractivity contribution in [3.8, 4) is 0 Å². The summed E-state index contributed by atoms with van der Waals surface area (Å²) in [5, 5.41) is 4.42. The van der Waals surface area contributed by atoms with Crippen LogP contribution in [0.1, 0.15) is 5.56 Å². The zero-order valence-corrected chi connectivity index (χ0v) is 12.0. The summed E-state index contributed by atoms with van der Waals surface area (Å²) in [4.78, 5) is 8.65. The highest BCUT2D eigenvalue weighted by Crippen LogP contribution is 2.22. The first kappa shape index (κ1) is 12.1. The van der Waals surface area contributed by atoms with Gasteiger partial charge < -0.3 is 5.32 Å². The number of aryl methyl sites for hydroxylation is 1. The fourth-order valence-corrected chi connectivity index (χ4v) is 2.13. The molecule has 0 fully saturated rings. The third-order valence-corrected chi connectivity index (χ3v) is 3.75. The second kappa shape index (κ2) is 4.97. The summed E-state index contributed by atoms with van der Waals surface area (Å²) in [5.74, 6) is 0.837. The lowest BCUT2D eigenvalue weighted by molar-refractivity contribution is 1.25. The van der Waals surface area contributed by atoms with Crippen molar-refractivity contribution in [3.63, 3.8) is 0 Å². The number of benzene rings is 1. The molecule has 0 unspecified atom stereocenters. The molecule has 2 heterocycles. The van der Waals surface area contributed by atoms with Gasteiger partial charge in [0.05, 0.1) is 5.52 Å². The Morgan fingerprint density at radius 3 is 2.84 bits per heavy atom. The van der Waals surface area contributed by atoms with Crippen LogP contribution in [0.2, 0.25) is 0 Å². The maximum atomic E-state index is 4.34. The molecule has 0 spiro atoms. The molecule has 0 aliphatic rings. The van der Waals surface area contributed by atoms with Gasteiger partial charge in [-0.3, -0.25) is 4.98 Å². The molecule has 1 N–H and O–H groups in total. The fraction of sp³-hybridized carbons (Fsp3) is 0.0667. The van der Waals surface area contributed by atoms with Gasteiger partial charge in [0.2, 0.25) is 0 Å². The number of pyridine rings is 2. The highest BCUT2D eigenvalue weighted by molar-refractivity contribution is 9.10. The second-order valence-corrected chi connectivity index (χ2v) is 5.21. The molecule has 0 saturated heterocycles. The Kier molecular flexibility index (Phi) is 3.17. The van der Waals surface area contributed by atoms with Crippen molar-refractivity contribution in [1.29, 1.82) is 0 Å². The minimum absolute atomic E-state index is 0.837. The summed E-state index contributed by atoms with van der Waals surface area (Å²) in [6.45, 7) is 2.04. The molecule has 3 nitrogen and oxygen atoms in total. The van der Waals surface area contributed by atoms with Crippen molar-refractivity contribution >= 4 is 38.3 Å². The Labute approximate surface area is 119 Å². The third kappa shape index (κ3) is 2.58. The molecule has 3 aromatic rings. The summed E-state index contributed by atoms with van der Waals surface area (Å²) in [6, 6.07) is 12.1. The number of hydrogen-bond donors (Lipinski definition) is 1. The molecule has 0 aliphatic heterocycles. The lowest BCUT2D eigenvalue weighted by Gasteiger charge is -2.08. The predicted octanol–water partition coefficient (Wildman–Crippen LogP) is 4.44. The van der Waals surface area contributed by atoms with E-state index in [2.05, 4.69) is 37.3 Å². The lowest BCUT2D eigenvalue weighted by Crippen LogP contribution is -1.94. The summed E-state index contributed by atoms with van der Waals surface area (Å²) in [5.41, 5.74) is 3.16. The van der Waals surface area contributed by atoms with Gasteiger partial charge in [-0.05, 0) is 58.7 Å². The van der Waals surface area contributed by atoms with Crippen molar-refractivity contribution in [3.05, 3.63) is 58.8 Å². The molecule has 3 rings (SSSR count). The number of aromatic nitrogens is 2.